The Balaban J connectivity index is 2.28. The number of hydrogen-bond donors (Lipinski definition) is 3. The van der Waals surface area contributed by atoms with Crippen LogP contribution in [0.15, 0.2) is 0 Å². The van der Waals surface area contributed by atoms with Gasteiger partial charge in [0.25, 0.3) is 11.7 Å². The van der Waals surface area contributed by atoms with Gasteiger partial charge in [-0.25, -0.2) is 0 Å². The molecule has 0 saturated carbocycles. The summed E-state index contributed by atoms with van der Waals surface area (Å²) in [5.74, 6) is -0.456. The Hall–Kier alpha value is -1.50. The van der Waals surface area contributed by atoms with Gasteiger partial charge in [0.2, 0.25) is 0 Å². The van der Waals surface area contributed by atoms with E-state index in [0.29, 0.717) is 6.42 Å². The van der Waals surface area contributed by atoms with Crippen molar-refractivity contribution < 1.29 is 9.90 Å². The molecule has 0 radical (unpaired) electrons. The molecule has 0 aliphatic rings. The topological polar surface area (TPSA) is 104 Å². The molecule has 1 unspecified atom stereocenters. The highest BCUT2D eigenvalue weighted by Gasteiger charge is 2.11. The Morgan fingerprint density at radius 2 is 2.50 bits per heavy atom. The zero-order valence-electron chi connectivity index (χ0n) is 7.90. The Kier molecular flexibility index (Phi) is 3.99. The number of aliphatic hydroxyl groups is 1. The third-order valence-electron chi connectivity index (χ3n) is 1.67. The first kappa shape index (κ1) is 10.6. The number of carbonyl (C=O) groups is 1. The van der Waals surface area contributed by atoms with E-state index in [2.05, 4.69) is 25.9 Å². The summed E-state index contributed by atoms with van der Waals surface area (Å²) in [6.45, 7) is 2.17. The molecule has 0 saturated heterocycles. The molecule has 1 atom stereocenters. The van der Waals surface area contributed by atoms with Gasteiger partial charge in [0.05, 0.1) is 6.10 Å². The Bertz CT molecular complexity index is 274. The van der Waals surface area contributed by atoms with Crippen molar-refractivity contribution >= 4 is 5.91 Å². The quantitative estimate of drug-likeness (QED) is 0.569. The summed E-state index contributed by atoms with van der Waals surface area (Å²) in [6.07, 6.45) is 1.02. The largest absolute Gasteiger partial charge is 0.391 e. The monoisotopic (exact) mass is 199 g/mol. The third-order valence-corrected chi connectivity index (χ3v) is 1.67. The SMILES string of the molecule is CCCC(O)CNC(=O)c1nn[nH]n1. The standard InChI is InChI=1S/C7H13N5O2/c1-2-3-5(13)4-8-7(14)6-9-11-12-10-6/h5,13H,2-4H2,1H3,(H,8,14)(H,9,10,11,12). The molecule has 0 aliphatic carbocycles. The summed E-state index contributed by atoms with van der Waals surface area (Å²) in [5, 5.41) is 24.2. The summed E-state index contributed by atoms with van der Waals surface area (Å²) in [7, 11) is 0. The maximum atomic E-state index is 11.2. The van der Waals surface area contributed by atoms with Crippen molar-refractivity contribution in [1.82, 2.24) is 25.9 Å². The van der Waals surface area contributed by atoms with Crippen LogP contribution in [0.2, 0.25) is 0 Å². The molecule has 0 spiro atoms. The fraction of sp³-hybridized carbons (Fsp3) is 0.714. The fourth-order valence-corrected chi connectivity index (χ4v) is 0.983. The number of hydrogen-bond acceptors (Lipinski definition) is 5. The zero-order valence-corrected chi connectivity index (χ0v) is 7.90. The summed E-state index contributed by atoms with van der Waals surface area (Å²) in [4.78, 5) is 11.2. The van der Waals surface area contributed by atoms with Crippen LogP contribution in [0.1, 0.15) is 30.4 Å². The maximum absolute atomic E-state index is 11.2. The van der Waals surface area contributed by atoms with Gasteiger partial charge >= 0.3 is 0 Å². The number of aliphatic hydroxyl groups excluding tert-OH is 1. The van der Waals surface area contributed by atoms with Gasteiger partial charge in [-0.3, -0.25) is 4.79 Å². The molecule has 0 bridgehead atoms. The van der Waals surface area contributed by atoms with Crippen molar-refractivity contribution in [2.24, 2.45) is 0 Å². The molecule has 7 heteroatoms. The number of H-pyrrole nitrogens is 1. The normalized spacial score (nSPS) is 12.4. The summed E-state index contributed by atoms with van der Waals surface area (Å²) in [6, 6.07) is 0. The molecular formula is C7H13N5O2. The van der Waals surface area contributed by atoms with Crippen molar-refractivity contribution in [2.75, 3.05) is 6.54 Å². The Morgan fingerprint density at radius 1 is 1.71 bits per heavy atom. The number of aromatic nitrogens is 4. The highest BCUT2D eigenvalue weighted by molar-refractivity contribution is 5.89. The highest BCUT2D eigenvalue weighted by atomic mass is 16.3. The van der Waals surface area contributed by atoms with Crippen LogP contribution in [-0.2, 0) is 0 Å². The molecule has 1 amide bonds. The highest BCUT2D eigenvalue weighted by Crippen LogP contribution is 1.94. The minimum absolute atomic E-state index is 0.0197. The Morgan fingerprint density at radius 3 is 3.07 bits per heavy atom. The molecular weight excluding hydrogens is 186 g/mol. The van der Waals surface area contributed by atoms with E-state index in [1.54, 1.807) is 0 Å². The number of aromatic amines is 1. The number of nitrogens with one attached hydrogen (secondary N) is 2. The average Bonchev–Trinajstić information content (AvgIpc) is 2.67. The summed E-state index contributed by atoms with van der Waals surface area (Å²) < 4.78 is 0. The van der Waals surface area contributed by atoms with Crippen LogP contribution in [0.5, 0.6) is 0 Å². The lowest BCUT2D eigenvalue weighted by Gasteiger charge is -2.08. The summed E-state index contributed by atoms with van der Waals surface area (Å²) in [5.41, 5.74) is 0. The van der Waals surface area contributed by atoms with Crippen molar-refractivity contribution in [3.8, 4) is 0 Å². The van der Waals surface area contributed by atoms with Crippen molar-refractivity contribution in [1.29, 1.82) is 0 Å². The van der Waals surface area contributed by atoms with Gasteiger partial charge in [-0.15, -0.1) is 10.2 Å². The van der Waals surface area contributed by atoms with E-state index in [1.807, 2.05) is 6.92 Å². The van der Waals surface area contributed by atoms with Gasteiger partial charge in [0.15, 0.2) is 0 Å². The van der Waals surface area contributed by atoms with E-state index >= 15 is 0 Å². The zero-order chi connectivity index (χ0) is 10.4. The van der Waals surface area contributed by atoms with Gasteiger partial charge in [0.1, 0.15) is 0 Å². The Labute approximate surface area is 80.9 Å². The lowest BCUT2D eigenvalue weighted by atomic mass is 10.2. The second kappa shape index (κ2) is 5.28. The van der Waals surface area contributed by atoms with Crippen LogP contribution < -0.4 is 5.32 Å². The van der Waals surface area contributed by atoms with Crippen molar-refractivity contribution in [2.45, 2.75) is 25.9 Å². The van der Waals surface area contributed by atoms with E-state index in [9.17, 15) is 9.90 Å². The number of nitrogens with zero attached hydrogens (tertiary/aromatic N) is 3. The number of tetrazole rings is 1. The molecule has 1 aromatic heterocycles. The molecule has 14 heavy (non-hydrogen) atoms. The number of amides is 1. The van der Waals surface area contributed by atoms with Crippen LogP contribution in [0.3, 0.4) is 0 Å². The predicted octanol–water partition coefficient (Wildman–Crippen LogP) is -0.909. The van der Waals surface area contributed by atoms with Crippen molar-refractivity contribution in [3.63, 3.8) is 0 Å². The van der Waals surface area contributed by atoms with Crippen LogP contribution >= 0.6 is 0 Å². The van der Waals surface area contributed by atoms with Gasteiger partial charge in [-0.05, 0) is 11.6 Å². The molecule has 1 heterocycles. The van der Waals surface area contributed by atoms with Gasteiger partial charge < -0.3 is 10.4 Å². The average molecular weight is 199 g/mol. The lowest BCUT2D eigenvalue weighted by molar-refractivity contribution is 0.0900. The molecule has 0 aliphatic heterocycles. The summed E-state index contributed by atoms with van der Waals surface area (Å²) >= 11 is 0. The lowest BCUT2D eigenvalue weighted by Crippen LogP contribution is -2.32. The van der Waals surface area contributed by atoms with Gasteiger partial charge in [-0.1, -0.05) is 13.3 Å². The van der Waals surface area contributed by atoms with E-state index in [0.717, 1.165) is 6.42 Å². The van der Waals surface area contributed by atoms with Crippen LogP contribution in [0.4, 0.5) is 0 Å². The number of carbonyl (C=O) groups excluding carboxylic acids is 1. The first-order chi connectivity index (χ1) is 6.74. The molecule has 3 N–H and O–H groups in total. The third kappa shape index (κ3) is 3.09. The van der Waals surface area contributed by atoms with E-state index in [1.165, 1.54) is 0 Å². The van der Waals surface area contributed by atoms with Crippen molar-refractivity contribution in [3.05, 3.63) is 5.82 Å². The van der Waals surface area contributed by atoms with E-state index < -0.39 is 12.0 Å². The van der Waals surface area contributed by atoms with E-state index in [-0.39, 0.29) is 12.4 Å². The second-order valence-electron chi connectivity index (χ2n) is 2.89. The molecule has 1 aromatic rings. The first-order valence-corrected chi connectivity index (χ1v) is 4.43. The van der Waals surface area contributed by atoms with Gasteiger partial charge in [0, 0.05) is 6.54 Å². The number of rotatable bonds is 5. The van der Waals surface area contributed by atoms with E-state index in [4.69, 9.17) is 0 Å². The molecule has 1 rings (SSSR count). The molecule has 0 fully saturated rings. The van der Waals surface area contributed by atoms with Crippen LogP contribution in [-0.4, -0.2) is 44.3 Å². The fourth-order valence-electron chi connectivity index (χ4n) is 0.983. The molecule has 0 aromatic carbocycles. The van der Waals surface area contributed by atoms with Crippen LogP contribution in [0.25, 0.3) is 0 Å². The predicted molar refractivity (Wildman–Crippen MR) is 47.4 cm³/mol. The second-order valence-corrected chi connectivity index (χ2v) is 2.89. The smallest absolute Gasteiger partial charge is 0.292 e. The minimum Gasteiger partial charge on any atom is -0.391 e. The first-order valence-electron chi connectivity index (χ1n) is 4.43. The van der Waals surface area contributed by atoms with Gasteiger partial charge in [-0.2, -0.15) is 5.21 Å². The minimum atomic E-state index is -0.518. The van der Waals surface area contributed by atoms with Crippen LogP contribution in [0, 0.1) is 0 Å². The molecule has 78 valence electrons. The maximum Gasteiger partial charge on any atom is 0.292 e. The molecule has 7 nitrogen and oxygen atoms in total.